The van der Waals surface area contributed by atoms with Crippen molar-refractivity contribution in [2.45, 2.75) is 19.9 Å². The standard InChI is InChI=1S/C17H20N2O3/c1-14(20)19(13-16-8-5-11-22-16)10-9-18-17(21)12-15-6-3-2-4-7-15/h2-8,11H,9-10,12-13H2,1H3,(H,18,21). The van der Waals surface area contributed by atoms with Crippen LogP contribution in [0, 0.1) is 0 Å². The normalized spacial score (nSPS) is 10.2. The van der Waals surface area contributed by atoms with Crippen molar-refractivity contribution in [1.29, 1.82) is 0 Å². The molecule has 5 heteroatoms. The molecule has 1 aromatic heterocycles. The predicted octanol–water partition coefficient (Wildman–Crippen LogP) is 1.99. The highest BCUT2D eigenvalue weighted by Crippen LogP contribution is 2.05. The molecule has 0 saturated heterocycles. The molecule has 1 N–H and O–H groups in total. The third-order valence-electron chi connectivity index (χ3n) is 3.28. The SMILES string of the molecule is CC(=O)N(CCNC(=O)Cc1ccccc1)Cc1ccco1. The minimum absolute atomic E-state index is 0.0475. The molecule has 0 aliphatic heterocycles. The average molecular weight is 300 g/mol. The summed E-state index contributed by atoms with van der Waals surface area (Å²) in [4.78, 5) is 25.1. The smallest absolute Gasteiger partial charge is 0.224 e. The lowest BCUT2D eigenvalue weighted by Crippen LogP contribution is -2.37. The van der Waals surface area contributed by atoms with Gasteiger partial charge in [0.05, 0.1) is 19.2 Å². The molecule has 0 spiro atoms. The fourth-order valence-electron chi connectivity index (χ4n) is 2.11. The fraction of sp³-hybridized carbons (Fsp3) is 0.294. The van der Waals surface area contributed by atoms with Crippen LogP contribution in [0.2, 0.25) is 0 Å². The third kappa shape index (κ3) is 5.09. The lowest BCUT2D eigenvalue weighted by molar-refractivity contribution is -0.130. The number of rotatable bonds is 7. The number of hydrogen-bond donors (Lipinski definition) is 1. The van der Waals surface area contributed by atoms with Crippen molar-refractivity contribution < 1.29 is 14.0 Å². The van der Waals surface area contributed by atoms with Gasteiger partial charge in [-0.1, -0.05) is 30.3 Å². The Morgan fingerprint density at radius 2 is 1.91 bits per heavy atom. The van der Waals surface area contributed by atoms with Crippen molar-refractivity contribution >= 4 is 11.8 Å². The number of carbonyl (C=O) groups excluding carboxylic acids is 2. The molecular formula is C17H20N2O3. The van der Waals surface area contributed by atoms with Gasteiger partial charge in [0.2, 0.25) is 11.8 Å². The van der Waals surface area contributed by atoms with Gasteiger partial charge < -0.3 is 14.6 Å². The van der Waals surface area contributed by atoms with E-state index in [0.717, 1.165) is 11.3 Å². The molecule has 0 aliphatic carbocycles. The van der Waals surface area contributed by atoms with Crippen LogP contribution >= 0.6 is 0 Å². The van der Waals surface area contributed by atoms with Crippen molar-refractivity contribution in [1.82, 2.24) is 10.2 Å². The van der Waals surface area contributed by atoms with Crippen LogP contribution < -0.4 is 5.32 Å². The molecular weight excluding hydrogens is 280 g/mol. The molecule has 116 valence electrons. The molecule has 0 unspecified atom stereocenters. The van der Waals surface area contributed by atoms with Gasteiger partial charge in [0.25, 0.3) is 0 Å². The number of nitrogens with zero attached hydrogens (tertiary/aromatic N) is 1. The molecule has 22 heavy (non-hydrogen) atoms. The first kappa shape index (κ1) is 15.8. The van der Waals surface area contributed by atoms with Gasteiger partial charge in [-0.3, -0.25) is 9.59 Å². The quantitative estimate of drug-likeness (QED) is 0.850. The summed E-state index contributed by atoms with van der Waals surface area (Å²) in [7, 11) is 0. The second-order valence-electron chi connectivity index (χ2n) is 5.03. The summed E-state index contributed by atoms with van der Waals surface area (Å²) < 4.78 is 5.24. The van der Waals surface area contributed by atoms with Gasteiger partial charge in [0.15, 0.2) is 0 Å². The molecule has 5 nitrogen and oxygen atoms in total. The highest BCUT2D eigenvalue weighted by Gasteiger charge is 2.11. The molecule has 1 aromatic carbocycles. The summed E-state index contributed by atoms with van der Waals surface area (Å²) in [6.07, 6.45) is 1.92. The van der Waals surface area contributed by atoms with E-state index in [1.54, 1.807) is 17.2 Å². The zero-order valence-corrected chi connectivity index (χ0v) is 12.6. The van der Waals surface area contributed by atoms with E-state index in [1.165, 1.54) is 6.92 Å². The zero-order chi connectivity index (χ0) is 15.8. The van der Waals surface area contributed by atoms with E-state index >= 15 is 0 Å². The minimum Gasteiger partial charge on any atom is -0.467 e. The Balaban J connectivity index is 1.75. The largest absolute Gasteiger partial charge is 0.467 e. The molecule has 2 aromatic rings. The van der Waals surface area contributed by atoms with Gasteiger partial charge in [-0.2, -0.15) is 0 Å². The lowest BCUT2D eigenvalue weighted by atomic mass is 10.1. The average Bonchev–Trinajstić information content (AvgIpc) is 3.00. The molecule has 0 radical (unpaired) electrons. The monoisotopic (exact) mass is 300 g/mol. The maximum atomic E-state index is 11.8. The summed E-state index contributed by atoms with van der Waals surface area (Å²) in [5.74, 6) is 0.632. The number of nitrogens with one attached hydrogen (secondary N) is 1. The summed E-state index contributed by atoms with van der Waals surface area (Å²) >= 11 is 0. The van der Waals surface area contributed by atoms with Crippen molar-refractivity contribution in [2.24, 2.45) is 0 Å². The Hall–Kier alpha value is -2.56. The minimum atomic E-state index is -0.0484. The van der Waals surface area contributed by atoms with Gasteiger partial charge in [0, 0.05) is 20.0 Å². The predicted molar refractivity (Wildman–Crippen MR) is 83.0 cm³/mol. The van der Waals surface area contributed by atoms with E-state index in [-0.39, 0.29) is 11.8 Å². The highest BCUT2D eigenvalue weighted by atomic mass is 16.3. The highest BCUT2D eigenvalue weighted by molar-refractivity contribution is 5.78. The number of hydrogen-bond acceptors (Lipinski definition) is 3. The molecule has 2 rings (SSSR count). The molecule has 0 saturated carbocycles. The maximum absolute atomic E-state index is 11.8. The topological polar surface area (TPSA) is 62.6 Å². The van der Waals surface area contributed by atoms with E-state index < -0.39 is 0 Å². The summed E-state index contributed by atoms with van der Waals surface area (Å²) in [5.41, 5.74) is 0.971. The van der Waals surface area contributed by atoms with Gasteiger partial charge in [0.1, 0.15) is 5.76 Å². The van der Waals surface area contributed by atoms with Gasteiger partial charge >= 0.3 is 0 Å². The Kier molecular flexibility index (Phi) is 5.77. The Morgan fingerprint density at radius 3 is 2.55 bits per heavy atom. The Morgan fingerprint density at radius 1 is 1.14 bits per heavy atom. The molecule has 1 heterocycles. The third-order valence-corrected chi connectivity index (χ3v) is 3.28. The van der Waals surface area contributed by atoms with Crippen molar-refractivity contribution in [3.8, 4) is 0 Å². The molecule has 0 aliphatic rings. The van der Waals surface area contributed by atoms with Crippen LogP contribution in [0.5, 0.6) is 0 Å². The van der Waals surface area contributed by atoms with Gasteiger partial charge in [-0.05, 0) is 17.7 Å². The maximum Gasteiger partial charge on any atom is 0.224 e. The van der Waals surface area contributed by atoms with E-state index in [4.69, 9.17) is 4.42 Å². The van der Waals surface area contributed by atoms with Crippen molar-refractivity contribution in [3.05, 3.63) is 60.1 Å². The van der Waals surface area contributed by atoms with Crippen LogP contribution in [0.1, 0.15) is 18.2 Å². The van der Waals surface area contributed by atoms with Gasteiger partial charge in [-0.15, -0.1) is 0 Å². The summed E-state index contributed by atoms with van der Waals surface area (Å²) in [5, 5.41) is 2.83. The van der Waals surface area contributed by atoms with Crippen LogP contribution in [-0.4, -0.2) is 29.8 Å². The van der Waals surface area contributed by atoms with Gasteiger partial charge in [-0.25, -0.2) is 0 Å². The first-order valence-corrected chi connectivity index (χ1v) is 7.23. The zero-order valence-electron chi connectivity index (χ0n) is 12.6. The summed E-state index contributed by atoms with van der Waals surface area (Å²) in [6.45, 7) is 2.80. The first-order chi connectivity index (χ1) is 10.6. The van der Waals surface area contributed by atoms with Crippen LogP contribution in [0.4, 0.5) is 0 Å². The molecule has 2 amide bonds. The molecule has 0 bridgehead atoms. The Labute approximate surface area is 129 Å². The van der Waals surface area contributed by atoms with E-state index in [0.29, 0.717) is 26.1 Å². The number of furan rings is 1. The number of amides is 2. The Bertz CT molecular complexity index is 594. The van der Waals surface area contributed by atoms with E-state index in [1.807, 2.05) is 36.4 Å². The number of carbonyl (C=O) groups is 2. The lowest BCUT2D eigenvalue weighted by Gasteiger charge is -2.20. The number of benzene rings is 1. The first-order valence-electron chi connectivity index (χ1n) is 7.23. The van der Waals surface area contributed by atoms with Crippen LogP contribution in [0.25, 0.3) is 0 Å². The summed E-state index contributed by atoms with van der Waals surface area (Å²) in [6, 6.07) is 13.2. The molecule has 0 atom stereocenters. The van der Waals surface area contributed by atoms with Crippen molar-refractivity contribution in [2.75, 3.05) is 13.1 Å². The molecule has 0 fully saturated rings. The van der Waals surface area contributed by atoms with Crippen LogP contribution in [0.15, 0.2) is 53.1 Å². The van der Waals surface area contributed by atoms with Crippen LogP contribution in [0.3, 0.4) is 0 Å². The fourth-order valence-corrected chi connectivity index (χ4v) is 2.11. The van der Waals surface area contributed by atoms with E-state index in [9.17, 15) is 9.59 Å². The van der Waals surface area contributed by atoms with Crippen molar-refractivity contribution in [3.63, 3.8) is 0 Å². The second kappa shape index (κ2) is 8.02. The second-order valence-corrected chi connectivity index (χ2v) is 5.03. The van der Waals surface area contributed by atoms with Crippen LogP contribution in [-0.2, 0) is 22.6 Å². The van der Waals surface area contributed by atoms with E-state index in [2.05, 4.69) is 5.32 Å².